The normalized spacial score (nSPS) is 10.3. The van der Waals surface area contributed by atoms with Crippen LogP contribution < -0.4 is 11.0 Å². The van der Waals surface area contributed by atoms with Gasteiger partial charge in [-0.2, -0.15) is 0 Å². The minimum atomic E-state index is -0.146. The number of nitrogens with one attached hydrogen (secondary N) is 2. The van der Waals surface area contributed by atoms with Crippen LogP contribution in [-0.4, -0.2) is 15.6 Å². The molecule has 0 aliphatic heterocycles. The van der Waals surface area contributed by atoms with E-state index >= 15 is 0 Å². The highest BCUT2D eigenvalue weighted by atomic mass is 16.2. The van der Waals surface area contributed by atoms with E-state index in [9.17, 15) is 4.79 Å². The maximum absolute atomic E-state index is 10.8. The number of carbonyl (C=O) groups excluding carboxylic acids is 1. The molecule has 1 amide bonds. The lowest BCUT2D eigenvalue weighted by molar-refractivity contribution is -0.118. The molecule has 0 saturated carbocycles. The van der Waals surface area contributed by atoms with E-state index in [1.807, 2.05) is 31.2 Å². The van der Waals surface area contributed by atoms with Gasteiger partial charge in [0.25, 0.3) is 0 Å². The fourth-order valence-corrected chi connectivity index (χ4v) is 1.42. The predicted molar refractivity (Wildman–Crippen MR) is 57.6 cm³/mol. The van der Waals surface area contributed by atoms with Crippen LogP contribution in [0.25, 0.3) is 11.0 Å². The number of hydrazine groups is 1. The number of carbonyl (C=O) groups is 1. The van der Waals surface area contributed by atoms with E-state index in [0.717, 1.165) is 16.9 Å². The number of amides is 1. The number of hydrogen-bond acceptors (Lipinski definition) is 3. The van der Waals surface area contributed by atoms with Gasteiger partial charge in [0.2, 0.25) is 5.91 Å². The number of fused-ring (bicyclic) bond motifs is 1. The topological polar surface area (TPSA) is 59.0 Å². The maximum Gasteiger partial charge on any atom is 0.236 e. The zero-order valence-electron chi connectivity index (χ0n) is 8.61. The van der Waals surface area contributed by atoms with Crippen molar-refractivity contribution in [2.24, 2.45) is 0 Å². The first kappa shape index (κ1) is 9.51. The van der Waals surface area contributed by atoms with E-state index in [1.165, 1.54) is 6.92 Å². The van der Waals surface area contributed by atoms with Gasteiger partial charge >= 0.3 is 0 Å². The molecule has 0 bridgehead atoms. The molecule has 2 aromatic rings. The predicted octanol–water partition coefficient (Wildman–Crippen LogP) is 0.939. The van der Waals surface area contributed by atoms with E-state index in [4.69, 9.17) is 0 Å². The smallest absolute Gasteiger partial charge is 0.236 e. The molecule has 1 aromatic heterocycles. The van der Waals surface area contributed by atoms with Crippen LogP contribution in [-0.2, 0) is 4.79 Å². The average molecular weight is 204 g/mol. The molecule has 78 valence electrons. The summed E-state index contributed by atoms with van der Waals surface area (Å²) in [7, 11) is 0. The van der Waals surface area contributed by atoms with Crippen LogP contribution in [0.1, 0.15) is 12.7 Å². The first-order chi connectivity index (χ1) is 7.18. The van der Waals surface area contributed by atoms with Crippen molar-refractivity contribution in [1.82, 2.24) is 15.1 Å². The molecule has 0 radical (unpaired) electrons. The zero-order chi connectivity index (χ0) is 10.8. The van der Waals surface area contributed by atoms with Crippen LogP contribution in [0.3, 0.4) is 0 Å². The summed E-state index contributed by atoms with van der Waals surface area (Å²) in [6.45, 7) is 3.32. The number of imidazole rings is 1. The Kier molecular flexibility index (Phi) is 2.29. The second-order valence-corrected chi connectivity index (χ2v) is 3.28. The molecule has 2 rings (SSSR count). The van der Waals surface area contributed by atoms with Crippen LogP contribution in [0, 0.1) is 6.92 Å². The number of para-hydroxylation sites is 2. The molecule has 0 atom stereocenters. The van der Waals surface area contributed by atoms with E-state index in [2.05, 4.69) is 15.9 Å². The molecule has 0 aliphatic carbocycles. The van der Waals surface area contributed by atoms with Crippen molar-refractivity contribution in [3.05, 3.63) is 30.1 Å². The van der Waals surface area contributed by atoms with Gasteiger partial charge in [0.05, 0.1) is 11.0 Å². The van der Waals surface area contributed by atoms with E-state index in [-0.39, 0.29) is 5.91 Å². The monoisotopic (exact) mass is 204 g/mol. The van der Waals surface area contributed by atoms with Crippen molar-refractivity contribution in [3.63, 3.8) is 0 Å². The molecule has 0 spiro atoms. The Hall–Kier alpha value is -2.04. The molecule has 0 aliphatic rings. The first-order valence-electron chi connectivity index (χ1n) is 4.65. The summed E-state index contributed by atoms with van der Waals surface area (Å²) in [5, 5.41) is 0. The summed E-state index contributed by atoms with van der Waals surface area (Å²) in [6.07, 6.45) is 0. The summed E-state index contributed by atoms with van der Waals surface area (Å²) in [5.41, 5.74) is 7.14. The van der Waals surface area contributed by atoms with E-state index < -0.39 is 0 Å². The van der Waals surface area contributed by atoms with Crippen LogP contribution >= 0.6 is 0 Å². The lowest BCUT2D eigenvalue weighted by atomic mass is 10.3. The minimum Gasteiger partial charge on any atom is -0.274 e. The fourth-order valence-electron chi connectivity index (χ4n) is 1.42. The second-order valence-electron chi connectivity index (χ2n) is 3.28. The van der Waals surface area contributed by atoms with Crippen molar-refractivity contribution in [2.75, 3.05) is 5.53 Å². The quantitative estimate of drug-likeness (QED) is 0.716. The minimum absolute atomic E-state index is 0.146. The highest BCUT2D eigenvalue weighted by Gasteiger charge is 2.05. The second kappa shape index (κ2) is 3.61. The van der Waals surface area contributed by atoms with Gasteiger partial charge < -0.3 is 0 Å². The molecule has 15 heavy (non-hydrogen) atoms. The molecule has 5 heteroatoms. The molecule has 1 heterocycles. The molecule has 1 aromatic carbocycles. The number of hydrogen-bond donors (Lipinski definition) is 2. The van der Waals surface area contributed by atoms with Gasteiger partial charge in [0.15, 0.2) is 0 Å². The Morgan fingerprint density at radius 2 is 2.13 bits per heavy atom. The number of aromatic nitrogens is 2. The van der Waals surface area contributed by atoms with Crippen molar-refractivity contribution in [1.29, 1.82) is 0 Å². The molecular formula is C10H12N4O. The van der Waals surface area contributed by atoms with E-state index in [0.29, 0.717) is 0 Å². The largest absolute Gasteiger partial charge is 0.274 e. The van der Waals surface area contributed by atoms with Gasteiger partial charge in [-0.25, -0.2) is 15.2 Å². The van der Waals surface area contributed by atoms with Gasteiger partial charge in [-0.3, -0.25) is 10.2 Å². The van der Waals surface area contributed by atoms with Crippen LogP contribution in [0.4, 0.5) is 0 Å². The van der Waals surface area contributed by atoms with E-state index in [1.54, 1.807) is 4.68 Å². The third-order valence-corrected chi connectivity index (χ3v) is 2.07. The summed E-state index contributed by atoms with van der Waals surface area (Å²) in [6, 6.07) is 7.71. The average Bonchev–Trinajstić information content (AvgIpc) is 2.50. The fraction of sp³-hybridized carbons (Fsp3) is 0.200. The number of nitrogens with zero attached hydrogens (tertiary/aromatic N) is 2. The highest BCUT2D eigenvalue weighted by Crippen LogP contribution is 2.12. The summed E-state index contributed by atoms with van der Waals surface area (Å²) in [5.74, 6) is 0.650. The van der Waals surface area contributed by atoms with Gasteiger partial charge in [-0.15, -0.1) is 0 Å². The third kappa shape index (κ3) is 1.76. The number of rotatable bonds is 2. The van der Waals surface area contributed by atoms with Gasteiger partial charge in [-0.05, 0) is 19.1 Å². The molecular weight excluding hydrogens is 192 g/mol. The number of benzene rings is 1. The number of aryl methyl sites for hydroxylation is 1. The maximum atomic E-state index is 10.8. The van der Waals surface area contributed by atoms with Crippen molar-refractivity contribution < 1.29 is 4.79 Å². The standard InChI is InChI=1S/C10H12N4O/c1-7-11-9-5-3-4-6-10(9)14(7)13-12-8(2)15/h3-6,13H,1-2H3,(H,12,15). The van der Waals surface area contributed by atoms with Gasteiger partial charge in [0.1, 0.15) is 5.82 Å². The Morgan fingerprint density at radius 1 is 1.40 bits per heavy atom. The van der Waals surface area contributed by atoms with Gasteiger partial charge in [0, 0.05) is 6.92 Å². The molecule has 5 nitrogen and oxygen atoms in total. The zero-order valence-corrected chi connectivity index (χ0v) is 8.61. The van der Waals surface area contributed by atoms with Crippen LogP contribution in [0.5, 0.6) is 0 Å². The molecule has 2 N–H and O–H groups in total. The molecule has 0 fully saturated rings. The molecule has 0 unspecified atom stereocenters. The SMILES string of the molecule is CC(=O)NNn1c(C)nc2ccccc21. The Morgan fingerprint density at radius 3 is 2.87 bits per heavy atom. The van der Waals surface area contributed by atoms with Crippen LogP contribution in [0.15, 0.2) is 24.3 Å². The lowest BCUT2D eigenvalue weighted by Gasteiger charge is -2.09. The Bertz CT molecular complexity index is 503. The Labute approximate surface area is 87.0 Å². The van der Waals surface area contributed by atoms with Gasteiger partial charge in [-0.1, -0.05) is 12.1 Å². The third-order valence-electron chi connectivity index (χ3n) is 2.07. The summed E-state index contributed by atoms with van der Waals surface area (Å²) < 4.78 is 1.73. The lowest BCUT2D eigenvalue weighted by Crippen LogP contribution is -2.34. The van der Waals surface area contributed by atoms with Crippen molar-refractivity contribution >= 4 is 16.9 Å². The molecule has 0 saturated heterocycles. The van der Waals surface area contributed by atoms with Crippen LogP contribution in [0.2, 0.25) is 0 Å². The first-order valence-corrected chi connectivity index (χ1v) is 4.65. The van der Waals surface area contributed by atoms with Crippen molar-refractivity contribution in [3.8, 4) is 0 Å². The summed E-state index contributed by atoms with van der Waals surface area (Å²) >= 11 is 0. The van der Waals surface area contributed by atoms with Crippen molar-refractivity contribution in [2.45, 2.75) is 13.8 Å². The summed E-state index contributed by atoms with van der Waals surface area (Å²) in [4.78, 5) is 15.1. The highest BCUT2D eigenvalue weighted by molar-refractivity contribution is 5.77. The Balaban J connectivity index is 2.40.